The summed E-state index contributed by atoms with van der Waals surface area (Å²) in [5, 5.41) is 8.90. The maximum Gasteiger partial charge on any atom is 0.352 e. The van der Waals surface area contributed by atoms with Crippen molar-refractivity contribution >= 4 is 16.0 Å². The fourth-order valence-electron chi connectivity index (χ4n) is 3.16. The lowest BCUT2D eigenvalue weighted by Crippen LogP contribution is -2.28. The summed E-state index contributed by atoms with van der Waals surface area (Å²) in [6, 6.07) is 8.58. The second-order valence-electron chi connectivity index (χ2n) is 6.40. The van der Waals surface area contributed by atoms with Gasteiger partial charge in [0.05, 0.1) is 0 Å². The zero-order valence-corrected chi connectivity index (χ0v) is 13.6. The first-order valence-electron chi connectivity index (χ1n) is 7.24. The summed E-state index contributed by atoms with van der Waals surface area (Å²) in [6.07, 6.45) is 1.85. The number of aromatic amines is 1. The molecular formula is C16H18N2O4S. The molecule has 3 rings (SSSR count). The smallest absolute Gasteiger partial charge is 0.352 e. The van der Waals surface area contributed by atoms with E-state index < -0.39 is 16.0 Å². The van der Waals surface area contributed by atoms with Gasteiger partial charge >= 0.3 is 5.97 Å². The van der Waals surface area contributed by atoms with Gasteiger partial charge in [-0.1, -0.05) is 38.1 Å². The molecule has 23 heavy (non-hydrogen) atoms. The summed E-state index contributed by atoms with van der Waals surface area (Å²) in [5.74, 6) is -1.20. The average molecular weight is 334 g/mol. The van der Waals surface area contributed by atoms with Crippen molar-refractivity contribution in [1.29, 1.82) is 0 Å². The minimum absolute atomic E-state index is 0.0721. The Morgan fingerprint density at radius 2 is 2.04 bits per heavy atom. The first-order valence-corrected chi connectivity index (χ1v) is 8.72. The van der Waals surface area contributed by atoms with E-state index in [-0.39, 0.29) is 22.0 Å². The third-order valence-electron chi connectivity index (χ3n) is 4.27. The molecule has 1 aromatic carbocycles. The molecule has 122 valence electrons. The minimum Gasteiger partial charge on any atom is -0.477 e. The topological polar surface area (TPSA) is 99.3 Å². The highest BCUT2D eigenvalue weighted by molar-refractivity contribution is 7.89. The number of benzene rings is 1. The molecule has 1 unspecified atom stereocenters. The standard InChI is InChI=1S/C16H18N2O4S/c1-16(2)8-14(11-5-3-4-6-12(11)16)18-23(21,22)10-7-13(15(19)20)17-9-10/h3-7,9,14,17-18H,8H2,1-2H3,(H,19,20). The van der Waals surface area contributed by atoms with E-state index in [2.05, 4.69) is 23.6 Å². The number of sulfonamides is 1. The van der Waals surface area contributed by atoms with E-state index in [1.165, 1.54) is 6.20 Å². The molecule has 0 aliphatic heterocycles. The number of aromatic carboxylic acids is 1. The number of aromatic nitrogens is 1. The van der Waals surface area contributed by atoms with Crippen molar-refractivity contribution in [2.75, 3.05) is 0 Å². The number of carboxylic acids is 1. The van der Waals surface area contributed by atoms with E-state index >= 15 is 0 Å². The highest BCUT2D eigenvalue weighted by Crippen LogP contribution is 2.44. The van der Waals surface area contributed by atoms with Crippen LogP contribution in [0.1, 0.15) is 47.9 Å². The number of nitrogens with one attached hydrogen (secondary N) is 2. The number of H-pyrrole nitrogens is 1. The first-order chi connectivity index (χ1) is 10.7. The third-order valence-corrected chi connectivity index (χ3v) is 5.73. The van der Waals surface area contributed by atoms with E-state index in [9.17, 15) is 13.2 Å². The van der Waals surface area contributed by atoms with Crippen LogP contribution >= 0.6 is 0 Å². The van der Waals surface area contributed by atoms with Crippen LogP contribution in [0.2, 0.25) is 0 Å². The Morgan fingerprint density at radius 3 is 2.70 bits per heavy atom. The molecule has 2 aromatic rings. The quantitative estimate of drug-likeness (QED) is 0.799. The predicted octanol–water partition coefficient (Wildman–Crippen LogP) is 2.41. The number of rotatable bonds is 4. The zero-order chi connectivity index (χ0) is 16.8. The van der Waals surface area contributed by atoms with Crippen LogP contribution in [0.15, 0.2) is 41.4 Å². The Balaban J connectivity index is 1.91. The van der Waals surface area contributed by atoms with Crippen molar-refractivity contribution in [3.8, 4) is 0 Å². The van der Waals surface area contributed by atoms with Crippen LogP contribution in [0, 0.1) is 0 Å². The van der Waals surface area contributed by atoms with Crippen molar-refractivity contribution in [2.24, 2.45) is 0 Å². The maximum absolute atomic E-state index is 12.5. The Labute approximate surface area is 134 Å². The lowest BCUT2D eigenvalue weighted by atomic mass is 9.87. The second-order valence-corrected chi connectivity index (χ2v) is 8.12. The van der Waals surface area contributed by atoms with Crippen LogP contribution in [0.5, 0.6) is 0 Å². The Bertz CT molecular complexity index is 868. The van der Waals surface area contributed by atoms with Crippen molar-refractivity contribution in [2.45, 2.75) is 36.6 Å². The van der Waals surface area contributed by atoms with Crippen molar-refractivity contribution < 1.29 is 18.3 Å². The van der Waals surface area contributed by atoms with Crippen LogP contribution in [-0.2, 0) is 15.4 Å². The molecule has 0 bridgehead atoms. The Kier molecular flexibility index (Phi) is 3.57. The lowest BCUT2D eigenvalue weighted by molar-refractivity contribution is 0.0691. The third kappa shape index (κ3) is 2.77. The summed E-state index contributed by atoms with van der Waals surface area (Å²) in [5.41, 5.74) is 1.83. The van der Waals surface area contributed by atoms with Crippen LogP contribution in [0.4, 0.5) is 0 Å². The molecule has 0 saturated heterocycles. The summed E-state index contributed by atoms with van der Waals surface area (Å²) in [4.78, 5) is 13.3. The largest absolute Gasteiger partial charge is 0.477 e. The van der Waals surface area contributed by atoms with Gasteiger partial charge in [0, 0.05) is 12.2 Å². The normalized spacial score (nSPS) is 19.5. The SMILES string of the molecule is CC1(C)CC(NS(=O)(=O)c2c[nH]c(C(=O)O)c2)c2ccccc21. The van der Waals surface area contributed by atoms with Gasteiger partial charge in [-0.3, -0.25) is 0 Å². The molecule has 1 aromatic heterocycles. The summed E-state index contributed by atoms with van der Waals surface area (Å²) < 4.78 is 27.7. The fraction of sp³-hybridized carbons (Fsp3) is 0.312. The average Bonchev–Trinajstić information content (AvgIpc) is 3.04. The molecule has 0 fully saturated rings. The number of fused-ring (bicyclic) bond motifs is 1. The van der Waals surface area contributed by atoms with Crippen LogP contribution in [-0.4, -0.2) is 24.5 Å². The van der Waals surface area contributed by atoms with Gasteiger partial charge in [0.2, 0.25) is 10.0 Å². The molecule has 0 radical (unpaired) electrons. The predicted molar refractivity (Wildman–Crippen MR) is 84.9 cm³/mol. The number of hydrogen-bond acceptors (Lipinski definition) is 3. The molecule has 0 saturated carbocycles. The van der Waals surface area contributed by atoms with E-state index in [0.717, 1.165) is 17.2 Å². The van der Waals surface area contributed by atoms with Gasteiger partial charge < -0.3 is 10.1 Å². The van der Waals surface area contributed by atoms with E-state index in [1.54, 1.807) is 0 Å². The molecule has 3 N–H and O–H groups in total. The van der Waals surface area contributed by atoms with Crippen LogP contribution in [0.3, 0.4) is 0 Å². The minimum atomic E-state index is -3.79. The van der Waals surface area contributed by atoms with E-state index in [1.807, 2.05) is 24.3 Å². The molecular weight excluding hydrogens is 316 g/mol. The van der Waals surface area contributed by atoms with Gasteiger partial charge in [-0.15, -0.1) is 0 Å². The first kappa shape index (κ1) is 15.8. The summed E-state index contributed by atoms with van der Waals surface area (Å²) >= 11 is 0. The Morgan fingerprint density at radius 1 is 1.35 bits per heavy atom. The molecule has 1 heterocycles. The van der Waals surface area contributed by atoms with Gasteiger partial charge in [0.1, 0.15) is 10.6 Å². The molecule has 0 spiro atoms. The van der Waals surface area contributed by atoms with Gasteiger partial charge in [0.15, 0.2) is 0 Å². The zero-order valence-electron chi connectivity index (χ0n) is 12.8. The van der Waals surface area contributed by atoms with Gasteiger partial charge in [-0.25, -0.2) is 17.9 Å². The van der Waals surface area contributed by atoms with Crippen molar-refractivity contribution in [3.05, 3.63) is 53.3 Å². The molecule has 0 amide bonds. The number of hydrogen-bond donors (Lipinski definition) is 3. The van der Waals surface area contributed by atoms with Gasteiger partial charge in [0.25, 0.3) is 0 Å². The van der Waals surface area contributed by atoms with Crippen molar-refractivity contribution in [1.82, 2.24) is 9.71 Å². The molecule has 6 nitrogen and oxygen atoms in total. The molecule has 1 atom stereocenters. The van der Waals surface area contributed by atoms with E-state index in [4.69, 9.17) is 5.11 Å². The summed E-state index contributed by atoms with van der Waals surface area (Å²) in [7, 11) is -3.79. The van der Waals surface area contributed by atoms with Gasteiger partial charge in [-0.05, 0) is 29.0 Å². The second kappa shape index (κ2) is 5.21. The highest BCUT2D eigenvalue weighted by atomic mass is 32.2. The lowest BCUT2D eigenvalue weighted by Gasteiger charge is -2.19. The molecule has 1 aliphatic rings. The van der Waals surface area contributed by atoms with Gasteiger partial charge in [-0.2, -0.15) is 0 Å². The Hall–Kier alpha value is -2.12. The molecule has 1 aliphatic carbocycles. The maximum atomic E-state index is 12.5. The van der Waals surface area contributed by atoms with Crippen LogP contribution < -0.4 is 4.72 Å². The van der Waals surface area contributed by atoms with E-state index in [0.29, 0.717) is 6.42 Å². The fourth-order valence-corrected chi connectivity index (χ4v) is 4.37. The highest BCUT2D eigenvalue weighted by Gasteiger charge is 2.38. The summed E-state index contributed by atoms with van der Waals surface area (Å²) in [6.45, 7) is 4.16. The molecule has 7 heteroatoms. The number of carbonyl (C=O) groups is 1. The van der Waals surface area contributed by atoms with Crippen LogP contribution in [0.25, 0.3) is 0 Å². The monoisotopic (exact) mass is 334 g/mol. The van der Waals surface area contributed by atoms with Crippen molar-refractivity contribution in [3.63, 3.8) is 0 Å². The number of carboxylic acid groups (broad SMARTS) is 1.